The second-order valence-electron chi connectivity index (χ2n) is 20.8. The fraction of sp³-hybridized carbons (Fsp3) is 0.678. The van der Waals surface area contributed by atoms with E-state index in [2.05, 4.69) is 101 Å². The van der Waals surface area contributed by atoms with Crippen molar-refractivity contribution in [3.05, 3.63) is 95.1 Å². The van der Waals surface area contributed by atoms with Crippen LogP contribution in [-0.2, 0) is 17.9 Å². The van der Waals surface area contributed by atoms with Crippen LogP contribution in [0.25, 0.3) is 0 Å². The highest BCUT2D eigenvalue weighted by molar-refractivity contribution is 5.98. The fourth-order valence-corrected chi connectivity index (χ4v) is 11.1. The van der Waals surface area contributed by atoms with Gasteiger partial charge in [-0.05, 0) is 121 Å². The van der Waals surface area contributed by atoms with Crippen LogP contribution >= 0.6 is 0 Å². The largest absolute Gasteiger partial charge is 0.355 e. The summed E-state index contributed by atoms with van der Waals surface area (Å²) < 4.78 is 0. The van der Waals surface area contributed by atoms with Gasteiger partial charge < -0.3 is 26.2 Å². The van der Waals surface area contributed by atoms with Crippen LogP contribution in [0.3, 0.4) is 0 Å². The maximum atomic E-state index is 13.2. The van der Waals surface area contributed by atoms with Gasteiger partial charge in [0.25, 0.3) is 0 Å². The average Bonchev–Trinajstić information content (AvgIpc) is 4.09. The molecule has 4 heterocycles. The van der Waals surface area contributed by atoms with Crippen molar-refractivity contribution in [1.29, 1.82) is 0 Å². The molecule has 2 atom stereocenters. The molecular weight excluding hydrogens is 883 g/mol. The minimum atomic E-state index is 0.115. The maximum Gasteiger partial charge on any atom is 0.220 e. The first kappa shape index (κ1) is 56.7. The SMILES string of the molecule is CCCCC/C=C\C/C=C\CCCCCCCC(=O)NCCN(CCCNCCNCC(=O)c1ccc(CN2CCCN3CCCC32)cc1)CCNCC(=O)c1ccc(CN2CCCN3CCCC32)cc1. The van der Waals surface area contributed by atoms with Gasteiger partial charge >= 0.3 is 0 Å². The minimum Gasteiger partial charge on any atom is -0.355 e. The summed E-state index contributed by atoms with van der Waals surface area (Å²) in [5, 5.41) is 13.5. The molecule has 4 aliphatic heterocycles. The second-order valence-corrected chi connectivity index (χ2v) is 20.8. The van der Waals surface area contributed by atoms with Crippen molar-refractivity contribution in [2.24, 2.45) is 0 Å². The van der Waals surface area contributed by atoms with Crippen molar-refractivity contribution in [3.63, 3.8) is 0 Å². The van der Waals surface area contributed by atoms with Gasteiger partial charge in [-0.25, -0.2) is 0 Å². The smallest absolute Gasteiger partial charge is 0.220 e. The first-order valence-corrected chi connectivity index (χ1v) is 28.6. The Labute approximate surface area is 430 Å². The molecule has 0 spiro atoms. The van der Waals surface area contributed by atoms with E-state index in [1.165, 1.54) is 121 Å². The summed E-state index contributed by atoms with van der Waals surface area (Å²) in [5.74, 6) is 0.381. The van der Waals surface area contributed by atoms with Crippen LogP contribution in [0.5, 0.6) is 0 Å². The summed E-state index contributed by atoms with van der Waals surface area (Å²) in [6.45, 7) is 18.1. The number of allylic oxidation sites excluding steroid dienone is 4. The predicted octanol–water partition coefficient (Wildman–Crippen LogP) is 8.40. The van der Waals surface area contributed by atoms with Gasteiger partial charge in [-0.2, -0.15) is 0 Å². The van der Waals surface area contributed by atoms with Crippen molar-refractivity contribution in [2.75, 3.05) is 105 Å². The van der Waals surface area contributed by atoms with Gasteiger partial charge in [0.1, 0.15) is 0 Å². The third-order valence-electron chi connectivity index (χ3n) is 15.2. The molecule has 4 fully saturated rings. The zero-order valence-corrected chi connectivity index (χ0v) is 44.2. The van der Waals surface area contributed by atoms with Gasteiger partial charge in [0, 0.05) is 96.1 Å². The quantitative estimate of drug-likeness (QED) is 0.0298. The van der Waals surface area contributed by atoms with Crippen LogP contribution in [0.2, 0.25) is 0 Å². The van der Waals surface area contributed by atoms with Crippen LogP contribution in [-0.4, -0.2) is 159 Å². The molecule has 2 aromatic carbocycles. The Morgan fingerprint density at radius 3 is 1.66 bits per heavy atom. The van der Waals surface area contributed by atoms with E-state index in [9.17, 15) is 14.4 Å². The number of fused-ring (bicyclic) bond motifs is 2. The number of rotatable bonds is 37. The molecule has 4 saturated heterocycles. The topological polar surface area (TPSA) is 116 Å². The number of nitrogens with zero attached hydrogens (tertiary/aromatic N) is 5. The molecule has 4 aliphatic rings. The van der Waals surface area contributed by atoms with E-state index in [4.69, 9.17) is 0 Å². The molecule has 0 aromatic heterocycles. The summed E-state index contributed by atoms with van der Waals surface area (Å²) in [6, 6.07) is 16.5. The van der Waals surface area contributed by atoms with Crippen molar-refractivity contribution < 1.29 is 14.4 Å². The van der Waals surface area contributed by atoms with Gasteiger partial charge in [0.05, 0.1) is 25.4 Å². The second kappa shape index (κ2) is 34.0. The van der Waals surface area contributed by atoms with E-state index in [0.29, 0.717) is 44.9 Å². The number of ketones is 2. The molecule has 6 rings (SSSR count). The van der Waals surface area contributed by atoms with E-state index in [-0.39, 0.29) is 17.5 Å². The number of unbranched alkanes of at least 4 members (excludes halogenated alkanes) is 8. The first-order chi connectivity index (χ1) is 35.0. The molecule has 12 nitrogen and oxygen atoms in total. The summed E-state index contributed by atoms with van der Waals surface area (Å²) >= 11 is 0. The summed E-state index contributed by atoms with van der Waals surface area (Å²) in [6.07, 6.45) is 32.5. The van der Waals surface area contributed by atoms with E-state index in [1.807, 2.05) is 24.3 Å². The highest BCUT2D eigenvalue weighted by Crippen LogP contribution is 2.28. The van der Waals surface area contributed by atoms with Crippen LogP contribution < -0.4 is 21.3 Å². The first-order valence-electron chi connectivity index (χ1n) is 28.6. The highest BCUT2D eigenvalue weighted by Gasteiger charge is 2.33. The summed E-state index contributed by atoms with van der Waals surface area (Å²) in [7, 11) is 0. The highest BCUT2D eigenvalue weighted by atomic mass is 16.1. The molecule has 2 aromatic rings. The zero-order valence-electron chi connectivity index (χ0n) is 44.2. The number of benzene rings is 2. The van der Waals surface area contributed by atoms with Crippen molar-refractivity contribution >= 4 is 17.5 Å². The monoisotopic (exact) mass is 978 g/mol. The van der Waals surface area contributed by atoms with E-state index in [0.717, 1.165) is 109 Å². The number of Topliss-reactive ketones (excluding diaryl/α,β-unsaturated/α-hetero) is 2. The van der Waals surface area contributed by atoms with Crippen LogP contribution in [0.1, 0.15) is 161 Å². The summed E-state index contributed by atoms with van der Waals surface area (Å²) in [4.78, 5) is 51.8. The Morgan fingerprint density at radius 2 is 1.06 bits per heavy atom. The molecule has 12 heteroatoms. The lowest BCUT2D eigenvalue weighted by Crippen LogP contribution is -2.49. The number of hydrogen-bond acceptors (Lipinski definition) is 11. The lowest BCUT2D eigenvalue weighted by molar-refractivity contribution is -0.121. The number of carbonyl (C=O) groups is 3. The van der Waals surface area contributed by atoms with Crippen molar-refractivity contribution in [1.82, 2.24) is 45.8 Å². The van der Waals surface area contributed by atoms with Gasteiger partial charge in [0.15, 0.2) is 11.6 Å². The molecule has 0 radical (unpaired) electrons. The van der Waals surface area contributed by atoms with Crippen molar-refractivity contribution in [3.8, 4) is 0 Å². The third-order valence-corrected chi connectivity index (χ3v) is 15.2. The lowest BCUT2D eigenvalue weighted by Gasteiger charge is -2.40. The molecule has 0 aliphatic carbocycles. The van der Waals surface area contributed by atoms with Gasteiger partial charge in [0.2, 0.25) is 5.91 Å². The molecule has 2 unspecified atom stereocenters. The minimum absolute atomic E-state index is 0.115. The number of hydrogen-bond donors (Lipinski definition) is 4. The number of nitrogens with one attached hydrogen (secondary N) is 4. The Balaban J connectivity index is 0.833. The molecule has 0 saturated carbocycles. The maximum absolute atomic E-state index is 13.2. The van der Waals surface area contributed by atoms with Crippen LogP contribution in [0.15, 0.2) is 72.8 Å². The van der Waals surface area contributed by atoms with E-state index < -0.39 is 0 Å². The van der Waals surface area contributed by atoms with Gasteiger partial charge in [-0.3, -0.25) is 34.0 Å². The number of amides is 1. The van der Waals surface area contributed by atoms with Crippen molar-refractivity contribution in [2.45, 2.75) is 154 Å². The molecule has 1 amide bonds. The van der Waals surface area contributed by atoms with Crippen LogP contribution in [0.4, 0.5) is 0 Å². The molecule has 71 heavy (non-hydrogen) atoms. The summed E-state index contributed by atoms with van der Waals surface area (Å²) in [5.41, 5.74) is 4.08. The average molecular weight is 978 g/mol. The van der Waals surface area contributed by atoms with E-state index in [1.54, 1.807) is 0 Å². The third kappa shape index (κ3) is 21.4. The predicted molar refractivity (Wildman–Crippen MR) is 293 cm³/mol. The van der Waals surface area contributed by atoms with Crippen LogP contribution in [0, 0.1) is 0 Å². The van der Waals surface area contributed by atoms with Gasteiger partial charge in [-0.1, -0.05) is 112 Å². The molecule has 0 bridgehead atoms. The fourth-order valence-electron chi connectivity index (χ4n) is 11.1. The lowest BCUT2D eigenvalue weighted by atomic mass is 10.1. The Kier molecular flexibility index (Phi) is 27.2. The number of carbonyl (C=O) groups excluding carboxylic acids is 3. The van der Waals surface area contributed by atoms with E-state index >= 15 is 0 Å². The molecular formula is C59H95N9O3. The zero-order chi connectivity index (χ0) is 49.6. The Bertz CT molecular complexity index is 1850. The Hall–Kier alpha value is -3.59. The standard InChI is InChI=1S/C59H95N9O3/c1-2-3-4-5-6-7-8-9-10-11-12-13-14-15-16-22-57(71)63-37-46-64(45-36-62-48-56(70)54-31-27-52(28-32-54)50-68-44-21-42-66-40-18-24-59(66)68)38-19-33-60-34-35-61-47-55(69)53-29-25-51(26-30-53)49-67-43-20-41-65-39-17-23-58(65)67/h6-7,9-10,25-32,58-62H,2-5,8,11-24,33-50H2,1H3,(H,63,71)/b7-6-,10-9-. The normalized spacial score (nSPS) is 19.1. The van der Waals surface area contributed by atoms with Gasteiger partial charge in [-0.15, -0.1) is 0 Å². The molecule has 394 valence electrons. The Morgan fingerprint density at radius 1 is 0.535 bits per heavy atom. The molecule has 4 N–H and O–H groups in total.